The van der Waals surface area contributed by atoms with Gasteiger partial charge in [0.25, 0.3) is 0 Å². The maximum Gasteiger partial charge on any atom is 0.238 e. The molecule has 1 N–H and O–H groups in total. The van der Waals surface area contributed by atoms with E-state index in [0.29, 0.717) is 12.5 Å². The Morgan fingerprint density at radius 1 is 1.32 bits per heavy atom. The number of hydrogen-bond acceptors (Lipinski definition) is 2. The third kappa shape index (κ3) is 4.34. The van der Waals surface area contributed by atoms with E-state index in [1.807, 2.05) is 0 Å². The van der Waals surface area contributed by atoms with E-state index in [1.54, 1.807) is 17.0 Å². The molecule has 0 spiro atoms. The van der Waals surface area contributed by atoms with E-state index >= 15 is 0 Å². The zero-order chi connectivity index (χ0) is 16.1. The number of halogens is 3. The van der Waals surface area contributed by atoms with Crippen molar-refractivity contribution < 1.29 is 14.3 Å². The predicted octanol–water partition coefficient (Wildman–Crippen LogP) is 3.60. The number of carbonyl (C=O) groups is 1. The van der Waals surface area contributed by atoms with Crippen LogP contribution in [-0.2, 0) is 11.3 Å². The number of nitrogens with zero attached hydrogens (tertiary/aromatic N) is 1. The van der Waals surface area contributed by atoms with Crippen LogP contribution in [0.1, 0.15) is 31.2 Å². The molecule has 1 aliphatic carbocycles. The second-order valence-electron chi connectivity index (χ2n) is 5.76. The van der Waals surface area contributed by atoms with Crippen LogP contribution in [0.25, 0.3) is 0 Å². The van der Waals surface area contributed by atoms with Crippen molar-refractivity contribution in [2.24, 2.45) is 5.92 Å². The summed E-state index contributed by atoms with van der Waals surface area (Å²) >= 11 is 11.5. The van der Waals surface area contributed by atoms with Gasteiger partial charge in [-0.25, -0.2) is 4.39 Å². The minimum absolute atomic E-state index is 0.0553. The van der Waals surface area contributed by atoms with Crippen LogP contribution in [0.15, 0.2) is 18.2 Å². The van der Waals surface area contributed by atoms with E-state index in [-0.39, 0.29) is 29.5 Å². The topological polar surface area (TPSA) is 40.5 Å². The van der Waals surface area contributed by atoms with Crippen LogP contribution >= 0.6 is 23.2 Å². The summed E-state index contributed by atoms with van der Waals surface area (Å²) in [7, 11) is 0. The Bertz CT molecular complexity index is 519. The van der Waals surface area contributed by atoms with Gasteiger partial charge < -0.3 is 10.0 Å². The molecule has 1 amide bonds. The number of amides is 1. The molecule has 0 aromatic heterocycles. The zero-order valence-corrected chi connectivity index (χ0v) is 13.8. The summed E-state index contributed by atoms with van der Waals surface area (Å²) in [5.74, 6) is -0.349. The van der Waals surface area contributed by atoms with E-state index in [4.69, 9.17) is 23.2 Å². The molecule has 122 valence electrons. The quantitative estimate of drug-likeness (QED) is 0.826. The number of alkyl halides is 1. The van der Waals surface area contributed by atoms with E-state index in [9.17, 15) is 14.3 Å². The molecule has 0 saturated heterocycles. The smallest absolute Gasteiger partial charge is 0.238 e. The molecular formula is C16H20Cl2FNO2. The Morgan fingerprint density at radius 2 is 2.00 bits per heavy atom. The minimum atomic E-state index is -0.468. The van der Waals surface area contributed by atoms with Crippen molar-refractivity contribution in [3.8, 4) is 0 Å². The van der Waals surface area contributed by atoms with E-state index in [0.717, 1.165) is 31.2 Å². The molecule has 1 aliphatic rings. The van der Waals surface area contributed by atoms with Crippen LogP contribution < -0.4 is 0 Å². The summed E-state index contributed by atoms with van der Waals surface area (Å²) in [6.07, 6.45) is 3.50. The first-order chi connectivity index (χ1) is 10.5. The van der Waals surface area contributed by atoms with E-state index in [1.165, 1.54) is 6.07 Å². The van der Waals surface area contributed by atoms with Gasteiger partial charge in [-0.3, -0.25) is 4.79 Å². The molecule has 22 heavy (non-hydrogen) atoms. The summed E-state index contributed by atoms with van der Waals surface area (Å²) in [4.78, 5) is 13.9. The molecule has 0 bridgehead atoms. The van der Waals surface area contributed by atoms with Crippen molar-refractivity contribution in [2.75, 3.05) is 12.5 Å². The van der Waals surface area contributed by atoms with Crippen LogP contribution in [0.2, 0.25) is 5.02 Å². The van der Waals surface area contributed by atoms with Crippen LogP contribution in [0, 0.1) is 11.7 Å². The Morgan fingerprint density at radius 3 is 2.55 bits per heavy atom. The Balaban J connectivity index is 2.09. The fourth-order valence-corrected chi connectivity index (χ4v) is 3.33. The van der Waals surface area contributed by atoms with Crippen molar-refractivity contribution in [1.82, 2.24) is 4.90 Å². The molecule has 0 radical (unpaired) electrons. The molecule has 1 saturated carbocycles. The Labute approximate surface area is 140 Å². The molecule has 0 unspecified atom stereocenters. The zero-order valence-electron chi connectivity index (χ0n) is 12.3. The van der Waals surface area contributed by atoms with Gasteiger partial charge in [-0.1, -0.05) is 17.7 Å². The molecule has 2 rings (SSSR count). The predicted molar refractivity (Wildman–Crippen MR) is 85.5 cm³/mol. The van der Waals surface area contributed by atoms with Gasteiger partial charge in [0.1, 0.15) is 11.7 Å². The average molecular weight is 348 g/mol. The van der Waals surface area contributed by atoms with Crippen molar-refractivity contribution in [3.05, 3.63) is 34.6 Å². The normalized spacial score (nSPS) is 21.6. The van der Waals surface area contributed by atoms with E-state index in [2.05, 4.69) is 0 Å². The highest BCUT2D eigenvalue weighted by molar-refractivity contribution is 6.30. The lowest BCUT2D eigenvalue weighted by molar-refractivity contribution is -0.132. The summed E-state index contributed by atoms with van der Waals surface area (Å²) in [6.45, 7) is 0.573. The molecule has 1 fully saturated rings. The SMILES string of the molecule is O=C(CCl)N(Cc1ccc(F)c(Cl)c1)C1CCC(CO)CC1. The lowest BCUT2D eigenvalue weighted by Gasteiger charge is -2.36. The molecule has 3 nitrogen and oxygen atoms in total. The van der Waals surface area contributed by atoms with Crippen molar-refractivity contribution in [1.29, 1.82) is 0 Å². The highest BCUT2D eigenvalue weighted by atomic mass is 35.5. The van der Waals surface area contributed by atoms with Gasteiger partial charge in [0.15, 0.2) is 0 Å². The lowest BCUT2D eigenvalue weighted by Crippen LogP contribution is -2.42. The number of benzene rings is 1. The van der Waals surface area contributed by atoms with Gasteiger partial charge in [-0.15, -0.1) is 11.6 Å². The Hall–Kier alpha value is -0.840. The van der Waals surface area contributed by atoms with Crippen molar-refractivity contribution in [2.45, 2.75) is 38.3 Å². The fraction of sp³-hybridized carbons (Fsp3) is 0.562. The first-order valence-electron chi connectivity index (χ1n) is 7.45. The molecule has 0 aliphatic heterocycles. The highest BCUT2D eigenvalue weighted by Crippen LogP contribution is 2.29. The van der Waals surface area contributed by atoms with Gasteiger partial charge in [0.2, 0.25) is 5.91 Å². The van der Waals surface area contributed by atoms with Gasteiger partial charge in [-0.2, -0.15) is 0 Å². The highest BCUT2D eigenvalue weighted by Gasteiger charge is 2.28. The number of carbonyl (C=O) groups excluding carboxylic acids is 1. The van der Waals surface area contributed by atoms with Crippen LogP contribution in [0.5, 0.6) is 0 Å². The fourth-order valence-electron chi connectivity index (χ4n) is 2.97. The minimum Gasteiger partial charge on any atom is -0.396 e. The second-order valence-corrected chi connectivity index (χ2v) is 6.44. The number of aliphatic hydroxyl groups is 1. The third-order valence-corrected chi connectivity index (χ3v) is 4.81. The summed E-state index contributed by atoms with van der Waals surface area (Å²) in [6, 6.07) is 4.60. The van der Waals surface area contributed by atoms with Crippen molar-refractivity contribution >= 4 is 29.1 Å². The first-order valence-corrected chi connectivity index (χ1v) is 8.36. The molecule has 0 heterocycles. The van der Waals surface area contributed by atoms with Crippen LogP contribution in [0.4, 0.5) is 4.39 Å². The Kier molecular flexibility index (Phi) is 6.48. The van der Waals surface area contributed by atoms with Crippen molar-refractivity contribution in [3.63, 3.8) is 0 Å². The number of aliphatic hydroxyl groups excluding tert-OH is 1. The third-order valence-electron chi connectivity index (χ3n) is 4.29. The summed E-state index contributed by atoms with van der Waals surface area (Å²) < 4.78 is 13.2. The maximum atomic E-state index is 13.2. The number of hydrogen-bond donors (Lipinski definition) is 1. The lowest BCUT2D eigenvalue weighted by atomic mass is 9.85. The van der Waals surface area contributed by atoms with Gasteiger partial charge in [0.05, 0.1) is 5.02 Å². The second kappa shape index (κ2) is 8.14. The monoisotopic (exact) mass is 347 g/mol. The first kappa shape index (κ1) is 17.5. The van der Waals surface area contributed by atoms with Crippen LogP contribution in [0.3, 0.4) is 0 Å². The van der Waals surface area contributed by atoms with Gasteiger partial charge >= 0.3 is 0 Å². The molecule has 6 heteroatoms. The molecule has 0 atom stereocenters. The standard InChI is InChI=1S/C16H20Cl2FNO2/c17-8-16(22)20(13-4-1-11(10-21)2-5-13)9-12-3-6-15(19)14(18)7-12/h3,6-7,11,13,21H,1-2,4-5,8-10H2. The van der Waals surface area contributed by atoms with Gasteiger partial charge in [0, 0.05) is 19.2 Å². The maximum absolute atomic E-state index is 13.2. The molecular weight excluding hydrogens is 328 g/mol. The summed E-state index contributed by atoms with van der Waals surface area (Å²) in [5.41, 5.74) is 0.786. The molecule has 1 aromatic rings. The largest absolute Gasteiger partial charge is 0.396 e. The number of rotatable bonds is 5. The summed E-state index contributed by atoms with van der Waals surface area (Å²) in [5, 5.41) is 9.27. The van der Waals surface area contributed by atoms with Crippen LogP contribution in [-0.4, -0.2) is 34.4 Å². The molecule has 1 aromatic carbocycles. The van der Waals surface area contributed by atoms with Gasteiger partial charge in [-0.05, 0) is 49.3 Å². The average Bonchev–Trinajstić information content (AvgIpc) is 2.55. The van der Waals surface area contributed by atoms with E-state index < -0.39 is 5.82 Å².